The van der Waals surface area contributed by atoms with Crippen molar-refractivity contribution in [1.29, 1.82) is 0 Å². The summed E-state index contributed by atoms with van der Waals surface area (Å²) in [6, 6.07) is 4.76. The number of nitrogen functional groups attached to an aromatic ring is 1. The second-order valence-electron chi connectivity index (χ2n) is 6.19. The molecule has 0 bridgehead atoms. The van der Waals surface area contributed by atoms with Crippen LogP contribution in [0.5, 0.6) is 0 Å². The normalized spacial score (nSPS) is 20.6. The smallest absolute Gasteiger partial charge is 0.238 e. The Morgan fingerprint density at radius 1 is 1.24 bits per heavy atom. The first-order chi connectivity index (χ1) is 9.79. The molecule has 1 fully saturated rings. The number of sulfonamides is 1. The zero-order valence-corrected chi connectivity index (χ0v) is 13.6. The van der Waals surface area contributed by atoms with Gasteiger partial charge in [0, 0.05) is 13.1 Å². The molecule has 0 aromatic heterocycles. The maximum atomic E-state index is 11.4. The van der Waals surface area contributed by atoms with Crippen LogP contribution >= 0.6 is 0 Å². The summed E-state index contributed by atoms with van der Waals surface area (Å²) in [5.74, 6) is 1.45. The largest absolute Gasteiger partial charge is 0.397 e. The highest BCUT2D eigenvalue weighted by molar-refractivity contribution is 7.89. The number of primary sulfonamides is 1. The van der Waals surface area contributed by atoms with E-state index in [0.29, 0.717) is 11.6 Å². The van der Waals surface area contributed by atoms with Crippen molar-refractivity contribution in [1.82, 2.24) is 0 Å². The van der Waals surface area contributed by atoms with E-state index in [9.17, 15) is 8.42 Å². The quantitative estimate of drug-likeness (QED) is 0.837. The lowest BCUT2D eigenvalue weighted by Crippen LogP contribution is -2.25. The summed E-state index contributed by atoms with van der Waals surface area (Å²) in [5.41, 5.74) is 7.42. The Bertz CT molecular complexity index is 599. The van der Waals surface area contributed by atoms with E-state index < -0.39 is 10.0 Å². The SMILES string of the molecule is CC(C)C1CCCN(c2ccc(S(N)(=O)=O)cc2N)CC1. The van der Waals surface area contributed by atoms with Crippen LogP contribution in [0.25, 0.3) is 0 Å². The summed E-state index contributed by atoms with van der Waals surface area (Å²) in [6.45, 7) is 6.47. The first-order valence-corrected chi connectivity index (χ1v) is 9.01. The summed E-state index contributed by atoms with van der Waals surface area (Å²) in [4.78, 5) is 2.32. The van der Waals surface area contributed by atoms with Gasteiger partial charge < -0.3 is 10.6 Å². The fraction of sp³-hybridized carbons (Fsp3) is 0.600. The Balaban J connectivity index is 2.19. The van der Waals surface area contributed by atoms with Crippen LogP contribution in [0.15, 0.2) is 23.1 Å². The van der Waals surface area contributed by atoms with Gasteiger partial charge >= 0.3 is 0 Å². The molecule has 6 heteroatoms. The van der Waals surface area contributed by atoms with E-state index >= 15 is 0 Å². The van der Waals surface area contributed by atoms with Gasteiger partial charge in [0.25, 0.3) is 0 Å². The summed E-state index contributed by atoms with van der Waals surface area (Å²) in [7, 11) is -3.70. The first-order valence-electron chi connectivity index (χ1n) is 7.46. The van der Waals surface area contributed by atoms with Crippen LogP contribution in [0.4, 0.5) is 11.4 Å². The van der Waals surface area contributed by atoms with Crippen LogP contribution in [-0.2, 0) is 10.0 Å². The number of hydrogen-bond acceptors (Lipinski definition) is 4. The Kier molecular flexibility index (Phi) is 4.78. The van der Waals surface area contributed by atoms with Crippen molar-refractivity contribution >= 4 is 21.4 Å². The summed E-state index contributed by atoms with van der Waals surface area (Å²) in [5, 5.41) is 5.13. The van der Waals surface area contributed by atoms with Crippen LogP contribution in [-0.4, -0.2) is 21.5 Å². The molecule has 5 nitrogen and oxygen atoms in total. The highest BCUT2D eigenvalue weighted by Crippen LogP contribution is 2.31. The number of nitrogens with zero attached hydrogens (tertiary/aromatic N) is 1. The van der Waals surface area contributed by atoms with Crippen molar-refractivity contribution in [2.24, 2.45) is 17.0 Å². The average molecular weight is 311 g/mol. The lowest BCUT2D eigenvalue weighted by molar-refractivity contribution is 0.351. The van der Waals surface area contributed by atoms with Gasteiger partial charge in [-0.25, -0.2) is 13.6 Å². The van der Waals surface area contributed by atoms with Gasteiger partial charge in [0.2, 0.25) is 10.0 Å². The third-order valence-electron chi connectivity index (χ3n) is 4.38. The van der Waals surface area contributed by atoms with Gasteiger partial charge in [-0.05, 0) is 49.3 Å². The molecule has 4 N–H and O–H groups in total. The second-order valence-corrected chi connectivity index (χ2v) is 7.75. The molecular formula is C15H25N3O2S. The molecule has 1 aromatic rings. The van der Waals surface area contributed by atoms with Gasteiger partial charge in [0.15, 0.2) is 0 Å². The van der Waals surface area contributed by atoms with Gasteiger partial charge in [-0.3, -0.25) is 0 Å². The van der Waals surface area contributed by atoms with Gasteiger partial charge in [0.1, 0.15) is 0 Å². The molecule has 1 heterocycles. The summed E-state index contributed by atoms with van der Waals surface area (Å²) >= 11 is 0. The second kappa shape index (κ2) is 6.23. The summed E-state index contributed by atoms with van der Waals surface area (Å²) < 4.78 is 22.7. The monoisotopic (exact) mass is 311 g/mol. The van der Waals surface area contributed by atoms with Crippen molar-refractivity contribution in [3.63, 3.8) is 0 Å². The Morgan fingerprint density at radius 3 is 2.52 bits per heavy atom. The minimum absolute atomic E-state index is 0.0682. The maximum absolute atomic E-state index is 11.4. The minimum atomic E-state index is -3.70. The van der Waals surface area contributed by atoms with Crippen LogP contribution in [0.2, 0.25) is 0 Å². The van der Waals surface area contributed by atoms with E-state index in [2.05, 4.69) is 18.7 Å². The first kappa shape index (κ1) is 16.1. The predicted molar refractivity (Wildman–Crippen MR) is 86.6 cm³/mol. The zero-order chi connectivity index (χ0) is 15.6. The van der Waals surface area contributed by atoms with E-state index in [1.165, 1.54) is 18.6 Å². The van der Waals surface area contributed by atoms with Crippen molar-refractivity contribution < 1.29 is 8.42 Å². The topological polar surface area (TPSA) is 89.4 Å². The molecule has 21 heavy (non-hydrogen) atoms. The fourth-order valence-corrected chi connectivity index (χ4v) is 3.58. The van der Waals surface area contributed by atoms with Crippen LogP contribution in [0.1, 0.15) is 33.1 Å². The Hall–Kier alpha value is -1.27. The third kappa shape index (κ3) is 3.89. The van der Waals surface area contributed by atoms with Gasteiger partial charge in [-0.15, -0.1) is 0 Å². The molecule has 1 aliphatic heterocycles. The zero-order valence-electron chi connectivity index (χ0n) is 12.7. The van der Waals surface area contributed by atoms with Crippen molar-refractivity contribution in [2.45, 2.75) is 38.0 Å². The Morgan fingerprint density at radius 2 is 1.95 bits per heavy atom. The average Bonchev–Trinajstić information content (AvgIpc) is 2.63. The van der Waals surface area contributed by atoms with Crippen molar-refractivity contribution in [3.05, 3.63) is 18.2 Å². The molecule has 118 valence electrons. The molecular weight excluding hydrogens is 286 g/mol. The number of nitrogens with two attached hydrogens (primary N) is 2. The maximum Gasteiger partial charge on any atom is 0.238 e. The van der Waals surface area contributed by atoms with Crippen molar-refractivity contribution in [3.8, 4) is 0 Å². The molecule has 1 saturated heterocycles. The highest BCUT2D eigenvalue weighted by atomic mass is 32.2. The molecule has 1 atom stereocenters. The van der Waals surface area contributed by atoms with Crippen LogP contribution in [0.3, 0.4) is 0 Å². The van der Waals surface area contributed by atoms with E-state index in [1.54, 1.807) is 6.07 Å². The molecule has 0 amide bonds. The minimum Gasteiger partial charge on any atom is -0.397 e. The molecule has 1 aromatic carbocycles. The van der Waals surface area contributed by atoms with Gasteiger partial charge in [-0.2, -0.15) is 0 Å². The van der Waals surface area contributed by atoms with E-state index in [-0.39, 0.29) is 4.90 Å². The van der Waals surface area contributed by atoms with Crippen LogP contribution < -0.4 is 15.8 Å². The van der Waals surface area contributed by atoms with E-state index in [4.69, 9.17) is 10.9 Å². The highest BCUT2D eigenvalue weighted by Gasteiger charge is 2.21. The number of rotatable bonds is 3. The Labute approximate surface area is 127 Å². The van der Waals surface area contributed by atoms with E-state index in [1.807, 2.05) is 0 Å². The fourth-order valence-electron chi connectivity index (χ4n) is 3.03. The summed E-state index contributed by atoms with van der Waals surface area (Å²) in [6.07, 6.45) is 3.52. The molecule has 1 unspecified atom stereocenters. The number of anilines is 2. The van der Waals surface area contributed by atoms with Gasteiger partial charge in [0.05, 0.1) is 16.3 Å². The molecule has 0 saturated carbocycles. The standard InChI is InChI=1S/C15H25N3O2S/c1-11(2)12-4-3-8-18(9-7-12)15-6-5-13(10-14(15)16)21(17,19)20/h5-6,10-12H,3-4,7-9,16H2,1-2H3,(H2,17,19,20). The lowest BCUT2D eigenvalue weighted by atomic mass is 9.89. The predicted octanol–water partition coefficient (Wildman–Crippen LogP) is 2.18. The number of hydrogen-bond donors (Lipinski definition) is 2. The molecule has 0 spiro atoms. The molecule has 2 rings (SSSR count). The molecule has 0 radical (unpaired) electrons. The molecule has 0 aliphatic carbocycles. The van der Waals surface area contributed by atoms with Crippen molar-refractivity contribution in [2.75, 3.05) is 23.7 Å². The lowest BCUT2D eigenvalue weighted by Gasteiger charge is -2.25. The number of benzene rings is 1. The van der Waals surface area contributed by atoms with Gasteiger partial charge in [-0.1, -0.05) is 13.8 Å². The van der Waals surface area contributed by atoms with E-state index in [0.717, 1.165) is 37.5 Å². The third-order valence-corrected chi connectivity index (χ3v) is 5.29. The molecule has 1 aliphatic rings. The van der Waals surface area contributed by atoms with Crippen LogP contribution in [0, 0.1) is 11.8 Å².